The van der Waals surface area contributed by atoms with E-state index in [1.165, 1.54) is 12.8 Å². The lowest BCUT2D eigenvalue weighted by Crippen LogP contribution is -1.98. The number of hydrogen-bond acceptors (Lipinski definition) is 1. The number of nitrogens with zero attached hydrogens (tertiary/aromatic N) is 1. The highest BCUT2D eigenvalue weighted by Gasteiger charge is 1.65. The topological polar surface area (TPSA) is 3.24 Å². The van der Waals surface area contributed by atoms with Crippen LogP contribution in [-0.4, -0.2) is 19.0 Å². The third-order valence-corrected chi connectivity index (χ3v) is 0.947. The van der Waals surface area contributed by atoms with Crippen molar-refractivity contribution < 1.29 is 0 Å². The summed E-state index contributed by atoms with van der Waals surface area (Å²) in [4.78, 5) is 2.00. The fraction of sp³-hybridized carbons (Fsp3) is 0.818. The van der Waals surface area contributed by atoms with Crippen molar-refractivity contribution >= 4 is 0 Å². The fourth-order valence-corrected chi connectivity index (χ4v) is 0.298. The van der Waals surface area contributed by atoms with E-state index < -0.39 is 0 Å². The summed E-state index contributed by atoms with van der Waals surface area (Å²) in [5.74, 6) is 0. The molecule has 0 bridgehead atoms. The van der Waals surface area contributed by atoms with Crippen LogP contribution in [0.5, 0.6) is 0 Å². The highest BCUT2D eigenvalue weighted by Crippen LogP contribution is 1.76. The Morgan fingerprint density at radius 3 is 1.33 bits per heavy atom. The van der Waals surface area contributed by atoms with E-state index in [1.807, 2.05) is 52.0 Å². The predicted molar refractivity (Wildman–Crippen MR) is 60.4 cm³/mol. The third-order valence-electron chi connectivity index (χ3n) is 0.947. The Labute approximate surface area is 79.5 Å². The van der Waals surface area contributed by atoms with Crippen LogP contribution >= 0.6 is 0 Å². The Hall–Kier alpha value is -0.460. The Balaban J connectivity index is -0.000000118. The quantitative estimate of drug-likeness (QED) is 0.612. The molecule has 0 aromatic rings. The van der Waals surface area contributed by atoms with E-state index in [-0.39, 0.29) is 0 Å². The molecule has 0 saturated heterocycles. The second-order valence-electron chi connectivity index (χ2n) is 2.45. The van der Waals surface area contributed by atoms with Crippen LogP contribution in [0.3, 0.4) is 0 Å². The highest BCUT2D eigenvalue weighted by molar-refractivity contribution is 4.72. The largest absolute Gasteiger partial charge is 0.384 e. The molecule has 0 radical (unpaired) electrons. The van der Waals surface area contributed by atoms with Crippen molar-refractivity contribution in [3.8, 4) is 0 Å². The van der Waals surface area contributed by atoms with Gasteiger partial charge in [0.15, 0.2) is 0 Å². The van der Waals surface area contributed by atoms with Gasteiger partial charge in [-0.2, -0.15) is 0 Å². The lowest BCUT2D eigenvalue weighted by atomic mass is 10.4. The van der Waals surface area contributed by atoms with E-state index in [0.717, 1.165) is 0 Å². The second kappa shape index (κ2) is 22.4. The first kappa shape index (κ1) is 17.6. The minimum absolute atomic E-state index is 1.32. The summed E-state index contributed by atoms with van der Waals surface area (Å²) in [5, 5.41) is 0. The number of hydrogen-bond donors (Lipinski definition) is 0. The smallest absolute Gasteiger partial charge is 0.00555 e. The van der Waals surface area contributed by atoms with Gasteiger partial charge in [-0.05, 0) is 13.1 Å². The first-order chi connectivity index (χ1) is 5.68. The van der Waals surface area contributed by atoms with E-state index in [1.54, 1.807) is 0 Å². The maximum atomic E-state index is 2.18. The summed E-state index contributed by atoms with van der Waals surface area (Å²) >= 11 is 0. The zero-order chi connectivity index (χ0) is 10.4. The molecule has 0 heterocycles. The van der Waals surface area contributed by atoms with Gasteiger partial charge in [-0.1, -0.05) is 46.6 Å². The van der Waals surface area contributed by atoms with Crippen LogP contribution in [0.25, 0.3) is 0 Å². The summed E-state index contributed by atoms with van der Waals surface area (Å²) in [6.45, 7) is 10.4. The van der Waals surface area contributed by atoms with Gasteiger partial charge < -0.3 is 4.90 Å². The molecule has 0 aromatic carbocycles. The Morgan fingerprint density at radius 2 is 1.33 bits per heavy atom. The molecule has 12 heavy (non-hydrogen) atoms. The summed E-state index contributed by atoms with van der Waals surface area (Å²) in [5.41, 5.74) is 0. The van der Waals surface area contributed by atoms with Gasteiger partial charge in [0.1, 0.15) is 0 Å². The van der Waals surface area contributed by atoms with E-state index in [2.05, 4.69) is 13.8 Å². The van der Waals surface area contributed by atoms with Crippen LogP contribution in [-0.2, 0) is 0 Å². The first-order valence-corrected chi connectivity index (χ1v) is 4.98. The van der Waals surface area contributed by atoms with Gasteiger partial charge in [0.2, 0.25) is 0 Å². The molecule has 1 heteroatoms. The molecule has 0 aliphatic carbocycles. The van der Waals surface area contributed by atoms with Gasteiger partial charge in [0, 0.05) is 14.1 Å². The van der Waals surface area contributed by atoms with Crippen LogP contribution in [0.15, 0.2) is 12.3 Å². The molecular formula is C11H27N. The van der Waals surface area contributed by atoms with E-state index in [9.17, 15) is 0 Å². The molecule has 1 nitrogen and oxygen atoms in total. The van der Waals surface area contributed by atoms with Crippen molar-refractivity contribution in [1.29, 1.82) is 0 Å². The van der Waals surface area contributed by atoms with Crippen molar-refractivity contribution in [2.45, 2.75) is 47.5 Å². The first-order valence-electron chi connectivity index (χ1n) is 4.98. The van der Waals surface area contributed by atoms with Crippen LogP contribution in [0.1, 0.15) is 47.5 Å². The number of rotatable bonds is 2. The summed E-state index contributed by atoms with van der Waals surface area (Å²) in [7, 11) is 4.00. The minimum Gasteiger partial charge on any atom is -0.384 e. The molecular weight excluding hydrogens is 146 g/mol. The molecule has 0 N–H and O–H groups in total. The Kier molecular flexibility index (Phi) is 32.9. The molecule has 0 unspecified atom stereocenters. The van der Waals surface area contributed by atoms with Crippen molar-refractivity contribution in [3.63, 3.8) is 0 Å². The van der Waals surface area contributed by atoms with Crippen molar-refractivity contribution in [1.82, 2.24) is 4.90 Å². The average molecular weight is 173 g/mol. The van der Waals surface area contributed by atoms with Crippen LogP contribution < -0.4 is 0 Å². The normalized spacial score (nSPS) is 7.92. The maximum absolute atomic E-state index is 2.18. The third kappa shape index (κ3) is 55.5. The van der Waals surface area contributed by atoms with Gasteiger partial charge in [-0.15, -0.1) is 0 Å². The van der Waals surface area contributed by atoms with Crippen molar-refractivity contribution in [3.05, 3.63) is 12.3 Å². The van der Waals surface area contributed by atoms with E-state index >= 15 is 0 Å². The Morgan fingerprint density at radius 1 is 1.00 bits per heavy atom. The molecule has 0 aliphatic rings. The average Bonchev–Trinajstić information content (AvgIpc) is 2.08. The molecule has 0 spiro atoms. The van der Waals surface area contributed by atoms with Gasteiger partial charge >= 0.3 is 0 Å². The molecule has 76 valence electrons. The maximum Gasteiger partial charge on any atom is 0.00555 e. The summed E-state index contributed by atoms with van der Waals surface area (Å²) in [6, 6.07) is 0. The van der Waals surface area contributed by atoms with Crippen molar-refractivity contribution in [2.24, 2.45) is 0 Å². The predicted octanol–water partition coefficient (Wildman–Crippen LogP) is 3.91. The molecule has 0 aromatic heterocycles. The highest BCUT2D eigenvalue weighted by atomic mass is 15.0. The lowest BCUT2D eigenvalue weighted by molar-refractivity contribution is 0.563. The number of unbranched alkanes of at least 4 members (excludes halogenated alkanes) is 1. The van der Waals surface area contributed by atoms with E-state index in [0.29, 0.717) is 0 Å². The summed E-state index contributed by atoms with van der Waals surface area (Å²) in [6.07, 6.45) is 6.64. The van der Waals surface area contributed by atoms with Gasteiger partial charge in [-0.25, -0.2) is 0 Å². The molecule has 0 amide bonds. The van der Waals surface area contributed by atoms with Gasteiger partial charge in [0.25, 0.3) is 0 Å². The molecule has 0 fully saturated rings. The van der Waals surface area contributed by atoms with Gasteiger partial charge in [0.05, 0.1) is 0 Å². The second-order valence-corrected chi connectivity index (χ2v) is 2.45. The summed E-state index contributed by atoms with van der Waals surface area (Å²) < 4.78 is 0. The van der Waals surface area contributed by atoms with Crippen molar-refractivity contribution in [2.75, 3.05) is 14.1 Å². The van der Waals surface area contributed by atoms with Crippen LogP contribution in [0, 0.1) is 0 Å². The molecule has 0 rings (SSSR count). The van der Waals surface area contributed by atoms with Crippen LogP contribution in [0.4, 0.5) is 0 Å². The molecule has 0 aliphatic heterocycles. The minimum atomic E-state index is 1.32. The monoisotopic (exact) mass is 173 g/mol. The standard InChI is InChI=1S/C5H11N.C4H10.C2H6/c1-4-5-6(2)3;1-3-4-2;1-2/h4-5H,1-3H3;3-4H2,1-2H3;1-2H3/b5-4-;;. The molecule has 0 atom stereocenters. The van der Waals surface area contributed by atoms with E-state index in [4.69, 9.17) is 0 Å². The SMILES string of the molecule is C/C=C\N(C)C.CC.CCCC. The lowest BCUT2D eigenvalue weighted by Gasteiger charge is -1.99. The van der Waals surface area contributed by atoms with Crippen LogP contribution in [0.2, 0.25) is 0 Å². The number of allylic oxidation sites excluding steroid dienone is 1. The zero-order valence-corrected chi connectivity index (χ0v) is 10.0. The van der Waals surface area contributed by atoms with Gasteiger partial charge in [-0.3, -0.25) is 0 Å². The Bertz CT molecular complexity index is 63.4. The fourth-order valence-electron chi connectivity index (χ4n) is 0.298. The molecule has 0 saturated carbocycles. The zero-order valence-electron chi connectivity index (χ0n) is 10.0.